The van der Waals surface area contributed by atoms with Gasteiger partial charge in [-0.2, -0.15) is 4.99 Å². The molecular weight excluding hydrogens is 222 g/mol. The molecule has 4 N–H and O–H groups in total. The largest absolute Gasteiger partial charge is 0.481 e. The van der Waals surface area contributed by atoms with Gasteiger partial charge < -0.3 is 25.1 Å². The van der Waals surface area contributed by atoms with Gasteiger partial charge in [-0.05, 0) is 13.5 Å². The molecule has 0 fully saturated rings. The number of aliphatic imine (C=N–C) groups is 1. The van der Waals surface area contributed by atoms with Crippen LogP contribution in [0.25, 0.3) is 0 Å². The molecule has 1 unspecified atom stereocenters. The topological polar surface area (TPSA) is 84.1 Å². The maximum absolute atomic E-state index is 5.14. The SMILES string of the molecule is C=C(/N=C(/OC)N(C)C(C)N/C=C\NN)OC. The fraction of sp³-hybridized carbons (Fsp3) is 0.500. The second kappa shape index (κ2) is 8.28. The zero-order chi connectivity index (χ0) is 13.3. The third-order valence-corrected chi connectivity index (χ3v) is 2.04. The lowest BCUT2D eigenvalue weighted by Gasteiger charge is -2.26. The molecule has 0 aromatic carbocycles. The van der Waals surface area contributed by atoms with E-state index in [0.717, 1.165) is 0 Å². The second-order valence-corrected chi connectivity index (χ2v) is 3.15. The fourth-order valence-corrected chi connectivity index (χ4v) is 0.934. The third-order valence-electron chi connectivity index (χ3n) is 2.04. The highest BCUT2D eigenvalue weighted by molar-refractivity contribution is 5.74. The number of ether oxygens (including phenoxy) is 2. The van der Waals surface area contributed by atoms with Crippen molar-refractivity contribution >= 4 is 6.02 Å². The first-order chi connectivity index (χ1) is 8.06. The Morgan fingerprint density at radius 2 is 2.06 bits per heavy atom. The summed E-state index contributed by atoms with van der Waals surface area (Å²) < 4.78 is 10.0. The van der Waals surface area contributed by atoms with Gasteiger partial charge in [-0.25, -0.2) is 0 Å². The molecule has 0 heterocycles. The summed E-state index contributed by atoms with van der Waals surface area (Å²) >= 11 is 0. The van der Waals surface area contributed by atoms with Gasteiger partial charge >= 0.3 is 0 Å². The van der Waals surface area contributed by atoms with E-state index >= 15 is 0 Å². The first-order valence-corrected chi connectivity index (χ1v) is 5.02. The number of amidine groups is 1. The summed E-state index contributed by atoms with van der Waals surface area (Å²) in [7, 11) is 4.85. The summed E-state index contributed by atoms with van der Waals surface area (Å²) in [5.74, 6) is 5.37. The van der Waals surface area contributed by atoms with Crippen LogP contribution in [0.15, 0.2) is 29.9 Å². The van der Waals surface area contributed by atoms with Crippen molar-refractivity contribution in [1.29, 1.82) is 0 Å². The Kier molecular flexibility index (Phi) is 7.36. The van der Waals surface area contributed by atoms with E-state index in [-0.39, 0.29) is 12.0 Å². The Hall–Kier alpha value is -1.89. The van der Waals surface area contributed by atoms with Gasteiger partial charge in [0, 0.05) is 19.4 Å². The van der Waals surface area contributed by atoms with Crippen LogP contribution in [0.5, 0.6) is 0 Å². The van der Waals surface area contributed by atoms with E-state index in [4.69, 9.17) is 15.3 Å². The van der Waals surface area contributed by atoms with E-state index in [1.807, 2.05) is 14.0 Å². The lowest BCUT2D eigenvalue weighted by molar-refractivity contribution is 0.244. The molecule has 0 spiro atoms. The van der Waals surface area contributed by atoms with Gasteiger partial charge in [-0.3, -0.25) is 5.84 Å². The van der Waals surface area contributed by atoms with Gasteiger partial charge in [0.05, 0.1) is 20.4 Å². The zero-order valence-corrected chi connectivity index (χ0v) is 10.7. The average molecular weight is 243 g/mol. The molecule has 0 saturated carbocycles. The molecule has 0 saturated heterocycles. The lowest BCUT2D eigenvalue weighted by atomic mass is 10.5. The van der Waals surface area contributed by atoms with Crippen LogP contribution in [0.4, 0.5) is 0 Å². The van der Waals surface area contributed by atoms with Crippen molar-refractivity contribution in [3.8, 4) is 0 Å². The molecule has 0 aromatic heterocycles. The Morgan fingerprint density at radius 1 is 1.41 bits per heavy atom. The molecule has 0 aliphatic carbocycles. The number of hydrazine groups is 1. The van der Waals surface area contributed by atoms with Crippen LogP contribution in [0.2, 0.25) is 0 Å². The van der Waals surface area contributed by atoms with E-state index < -0.39 is 0 Å². The Labute approximate surface area is 102 Å². The van der Waals surface area contributed by atoms with Crippen LogP contribution >= 0.6 is 0 Å². The normalized spacial score (nSPS) is 13.1. The number of nitrogens with zero attached hydrogens (tertiary/aromatic N) is 2. The predicted molar refractivity (Wildman–Crippen MR) is 67.4 cm³/mol. The number of nitrogens with two attached hydrogens (primary N) is 1. The minimum absolute atomic E-state index is 0.0389. The molecule has 17 heavy (non-hydrogen) atoms. The molecular formula is C10H21N5O2. The molecule has 7 heteroatoms. The second-order valence-electron chi connectivity index (χ2n) is 3.15. The van der Waals surface area contributed by atoms with Crippen molar-refractivity contribution in [1.82, 2.24) is 15.6 Å². The Bertz CT molecular complexity index is 290. The summed E-state index contributed by atoms with van der Waals surface area (Å²) in [5.41, 5.74) is 2.39. The van der Waals surface area contributed by atoms with Crippen LogP contribution in [0.1, 0.15) is 6.92 Å². The molecule has 7 nitrogen and oxygen atoms in total. The van der Waals surface area contributed by atoms with Crippen LogP contribution in [0.3, 0.4) is 0 Å². The minimum Gasteiger partial charge on any atom is -0.481 e. The van der Waals surface area contributed by atoms with E-state index in [2.05, 4.69) is 22.3 Å². The van der Waals surface area contributed by atoms with Gasteiger partial charge in [0.25, 0.3) is 6.02 Å². The standard InChI is InChI=1S/C10H21N5O2/c1-8(12-6-7-13-11)15(3)10(17-5)14-9(2)16-4/h6-8,12-13H,2,11H2,1,3-5H3/b7-6-,14-10+. The van der Waals surface area contributed by atoms with Crippen molar-refractivity contribution in [2.24, 2.45) is 10.8 Å². The van der Waals surface area contributed by atoms with Crippen LogP contribution in [-0.2, 0) is 9.47 Å². The molecule has 0 aromatic rings. The number of hydrogen-bond donors (Lipinski definition) is 3. The molecule has 0 aliphatic rings. The predicted octanol–water partition coefficient (Wildman–Crippen LogP) is -0.0917. The Morgan fingerprint density at radius 3 is 2.53 bits per heavy atom. The summed E-state index contributed by atoms with van der Waals surface area (Å²) in [5, 5.41) is 3.06. The van der Waals surface area contributed by atoms with Gasteiger partial charge in [-0.15, -0.1) is 0 Å². The highest BCUT2D eigenvalue weighted by Crippen LogP contribution is 2.01. The summed E-state index contributed by atoms with van der Waals surface area (Å²) in [6, 6.07) is 0.394. The monoisotopic (exact) mass is 243 g/mol. The molecule has 0 radical (unpaired) electrons. The first-order valence-electron chi connectivity index (χ1n) is 5.02. The summed E-state index contributed by atoms with van der Waals surface area (Å²) in [6.45, 7) is 5.54. The molecule has 1 atom stereocenters. The molecule has 0 bridgehead atoms. The summed E-state index contributed by atoms with van der Waals surface area (Å²) in [6.07, 6.45) is 3.21. The van der Waals surface area contributed by atoms with Crippen molar-refractivity contribution in [2.75, 3.05) is 21.3 Å². The van der Waals surface area contributed by atoms with E-state index in [1.54, 1.807) is 17.3 Å². The summed E-state index contributed by atoms with van der Waals surface area (Å²) in [4.78, 5) is 5.84. The molecule has 0 aliphatic heterocycles. The zero-order valence-electron chi connectivity index (χ0n) is 10.7. The van der Waals surface area contributed by atoms with E-state index in [0.29, 0.717) is 6.02 Å². The maximum Gasteiger partial charge on any atom is 0.296 e. The quantitative estimate of drug-likeness (QED) is 0.151. The number of methoxy groups -OCH3 is 2. The highest BCUT2D eigenvalue weighted by atomic mass is 16.5. The van der Waals surface area contributed by atoms with Gasteiger partial charge in [0.1, 0.15) is 0 Å². The van der Waals surface area contributed by atoms with Crippen molar-refractivity contribution in [3.63, 3.8) is 0 Å². The van der Waals surface area contributed by atoms with Gasteiger partial charge in [0.15, 0.2) is 0 Å². The number of hydrogen-bond acceptors (Lipinski definition) is 6. The molecule has 0 amide bonds. The van der Waals surface area contributed by atoms with Crippen molar-refractivity contribution in [2.45, 2.75) is 13.1 Å². The highest BCUT2D eigenvalue weighted by Gasteiger charge is 2.13. The maximum atomic E-state index is 5.14. The van der Waals surface area contributed by atoms with Gasteiger partial charge in [-0.1, -0.05) is 0 Å². The average Bonchev–Trinajstić information content (AvgIpc) is 2.34. The number of nitrogens with one attached hydrogen (secondary N) is 2. The van der Waals surface area contributed by atoms with Gasteiger partial charge in [0.2, 0.25) is 5.88 Å². The third kappa shape index (κ3) is 5.67. The minimum atomic E-state index is -0.0389. The molecule has 0 rings (SSSR count). The van der Waals surface area contributed by atoms with Crippen LogP contribution in [-0.4, -0.2) is 38.4 Å². The van der Waals surface area contributed by atoms with E-state index in [9.17, 15) is 0 Å². The number of rotatable bonds is 6. The molecule has 98 valence electrons. The fourth-order valence-electron chi connectivity index (χ4n) is 0.934. The van der Waals surface area contributed by atoms with Crippen LogP contribution < -0.4 is 16.6 Å². The van der Waals surface area contributed by atoms with Crippen molar-refractivity contribution < 1.29 is 9.47 Å². The van der Waals surface area contributed by atoms with E-state index in [1.165, 1.54) is 14.2 Å². The first kappa shape index (κ1) is 15.1. The lowest BCUT2D eigenvalue weighted by Crippen LogP contribution is -2.43. The van der Waals surface area contributed by atoms with Crippen LogP contribution in [0, 0.1) is 0 Å². The Balaban J connectivity index is 4.52. The van der Waals surface area contributed by atoms with Crippen molar-refractivity contribution in [3.05, 3.63) is 24.9 Å². The smallest absolute Gasteiger partial charge is 0.296 e.